The van der Waals surface area contributed by atoms with Gasteiger partial charge in [0.15, 0.2) is 0 Å². The van der Waals surface area contributed by atoms with Gasteiger partial charge in [-0.2, -0.15) is 0 Å². The van der Waals surface area contributed by atoms with Crippen LogP contribution in [0.1, 0.15) is 61.4 Å². The molecule has 2 rings (SSSR count). The summed E-state index contributed by atoms with van der Waals surface area (Å²) < 4.78 is 2.28. The van der Waals surface area contributed by atoms with E-state index in [0.29, 0.717) is 0 Å². The van der Waals surface area contributed by atoms with Crippen LogP contribution >= 0.6 is 43.5 Å². The zero-order valence-corrected chi connectivity index (χ0v) is 15.3. The van der Waals surface area contributed by atoms with Crippen LogP contribution in [0.2, 0.25) is 0 Å². The van der Waals surface area contributed by atoms with Crippen LogP contribution in [0.25, 0.3) is 0 Å². The van der Waals surface area contributed by atoms with Gasteiger partial charge in [-0.15, -0.1) is 11.6 Å². The maximum absolute atomic E-state index is 6.60. The van der Waals surface area contributed by atoms with Gasteiger partial charge in [0, 0.05) is 8.95 Å². The molecule has 1 fully saturated rings. The Hall–Kier alpha value is 0.470. The van der Waals surface area contributed by atoms with Gasteiger partial charge < -0.3 is 0 Å². The third-order valence-electron chi connectivity index (χ3n) is 4.17. The Morgan fingerprint density at radius 3 is 2.53 bits per heavy atom. The molecule has 0 heterocycles. The fourth-order valence-electron chi connectivity index (χ4n) is 2.92. The number of rotatable bonds is 4. The lowest BCUT2D eigenvalue weighted by atomic mass is 9.85. The van der Waals surface area contributed by atoms with Crippen LogP contribution in [0.3, 0.4) is 0 Å². The monoisotopic (exact) mass is 406 g/mol. The molecular weight excluding hydrogens is 387 g/mol. The lowest BCUT2D eigenvalue weighted by Crippen LogP contribution is -2.07. The number of hydrogen-bond donors (Lipinski definition) is 0. The highest BCUT2D eigenvalue weighted by molar-refractivity contribution is 9.11. The number of hydrogen-bond acceptors (Lipinski definition) is 0. The number of benzene rings is 1. The van der Waals surface area contributed by atoms with Crippen molar-refractivity contribution in [1.82, 2.24) is 0 Å². The van der Waals surface area contributed by atoms with Gasteiger partial charge in [-0.05, 0) is 48.9 Å². The van der Waals surface area contributed by atoms with E-state index in [-0.39, 0.29) is 5.38 Å². The fourth-order valence-corrected chi connectivity index (χ4v) is 4.45. The Bertz CT molecular complexity index is 425. The summed E-state index contributed by atoms with van der Waals surface area (Å²) in [5, 5.41) is 0.119. The van der Waals surface area contributed by atoms with E-state index < -0.39 is 0 Å². The first-order chi connectivity index (χ1) is 9.08. The SMILES string of the molecule is Cc1cc(Br)c(C(Cl)CCC2CCCCC2)cc1Br. The molecule has 1 saturated carbocycles. The third-order valence-corrected chi connectivity index (χ3v) is 6.16. The van der Waals surface area contributed by atoms with Gasteiger partial charge in [-0.3, -0.25) is 0 Å². The van der Waals surface area contributed by atoms with Crippen molar-refractivity contribution in [3.8, 4) is 0 Å². The Balaban J connectivity index is 1.95. The van der Waals surface area contributed by atoms with E-state index in [4.69, 9.17) is 11.6 Å². The van der Waals surface area contributed by atoms with Crippen LogP contribution in [0.4, 0.5) is 0 Å². The van der Waals surface area contributed by atoms with Crippen molar-refractivity contribution in [2.45, 2.75) is 57.2 Å². The van der Waals surface area contributed by atoms with Gasteiger partial charge in [-0.1, -0.05) is 64.0 Å². The summed E-state index contributed by atoms with van der Waals surface area (Å²) in [4.78, 5) is 0. The second-order valence-electron chi connectivity index (χ2n) is 5.67. The maximum Gasteiger partial charge on any atom is 0.0596 e. The van der Waals surface area contributed by atoms with Gasteiger partial charge in [0.05, 0.1) is 5.38 Å². The second kappa shape index (κ2) is 7.47. The molecule has 1 aromatic carbocycles. The van der Waals surface area contributed by atoms with Gasteiger partial charge in [0.1, 0.15) is 0 Å². The van der Waals surface area contributed by atoms with E-state index in [2.05, 4.69) is 50.9 Å². The lowest BCUT2D eigenvalue weighted by Gasteiger charge is -2.23. The highest BCUT2D eigenvalue weighted by atomic mass is 79.9. The number of aryl methyl sites for hydroxylation is 1. The Morgan fingerprint density at radius 1 is 1.16 bits per heavy atom. The highest BCUT2D eigenvalue weighted by Crippen LogP contribution is 2.37. The maximum atomic E-state index is 6.60. The average Bonchev–Trinajstić information content (AvgIpc) is 2.41. The van der Waals surface area contributed by atoms with Gasteiger partial charge in [0.2, 0.25) is 0 Å². The summed E-state index contributed by atoms with van der Waals surface area (Å²) in [5.41, 5.74) is 2.46. The zero-order chi connectivity index (χ0) is 13.8. The molecule has 1 aliphatic carbocycles. The van der Waals surface area contributed by atoms with Gasteiger partial charge in [0.25, 0.3) is 0 Å². The summed E-state index contributed by atoms with van der Waals surface area (Å²) >= 11 is 13.8. The van der Waals surface area contributed by atoms with Crippen molar-refractivity contribution in [1.29, 1.82) is 0 Å². The fraction of sp³-hybridized carbons (Fsp3) is 0.625. The van der Waals surface area contributed by atoms with Crippen LogP contribution in [0, 0.1) is 12.8 Å². The van der Waals surface area contributed by atoms with E-state index >= 15 is 0 Å². The first-order valence-electron chi connectivity index (χ1n) is 7.17. The molecule has 0 aromatic heterocycles. The molecule has 1 atom stereocenters. The predicted octanol–water partition coefficient (Wildman–Crippen LogP) is 7.16. The molecule has 0 spiro atoms. The highest BCUT2D eigenvalue weighted by Gasteiger charge is 2.18. The van der Waals surface area contributed by atoms with Crippen molar-refractivity contribution < 1.29 is 0 Å². The van der Waals surface area contributed by atoms with Crippen LogP contribution in [0.5, 0.6) is 0 Å². The van der Waals surface area contributed by atoms with E-state index in [0.717, 1.165) is 21.3 Å². The summed E-state index contributed by atoms with van der Waals surface area (Å²) in [5.74, 6) is 0.905. The van der Waals surface area contributed by atoms with E-state index in [1.165, 1.54) is 49.7 Å². The summed E-state index contributed by atoms with van der Waals surface area (Å²) in [7, 11) is 0. The van der Waals surface area contributed by atoms with Crippen molar-refractivity contribution >= 4 is 43.5 Å². The number of halogens is 3. The minimum Gasteiger partial charge on any atom is -0.118 e. The van der Waals surface area contributed by atoms with Crippen LogP contribution in [-0.4, -0.2) is 0 Å². The Labute approximate surface area is 138 Å². The summed E-state index contributed by atoms with van der Waals surface area (Å²) in [6, 6.07) is 4.31. The molecule has 0 aliphatic heterocycles. The van der Waals surface area contributed by atoms with E-state index in [1.807, 2.05) is 0 Å². The van der Waals surface area contributed by atoms with Crippen LogP contribution in [0.15, 0.2) is 21.1 Å². The quantitative estimate of drug-likeness (QED) is 0.464. The van der Waals surface area contributed by atoms with Gasteiger partial charge in [-0.25, -0.2) is 0 Å². The molecule has 0 radical (unpaired) electrons. The molecule has 0 N–H and O–H groups in total. The predicted molar refractivity (Wildman–Crippen MR) is 91.0 cm³/mol. The Kier molecular flexibility index (Phi) is 6.23. The van der Waals surface area contributed by atoms with Crippen molar-refractivity contribution in [2.24, 2.45) is 5.92 Å². The minimum absolute atomic E-state index is 0.119. The van der Waals surface area contributed by atoms with Crippen molar-refractivity contribution in [3.63, 3.8) is 0 Å². The average molecular weight is 409 g/mol. The largest absolute Gasteiger partial charge is 0.118 e. The molecule has 0 saturated heterocycles. The molecule has 3 heteroatoms. The normalized spacial score (nSPS) is 18.5. The molecule has 1 aromatic rings. The molecule has 0 nitrogen and oxygen atoms in total. The molecule has 1 unspecified atom stereocenters. The van der Waals surface area contributed by atoms with Crippen molar-refractivity contribution in [3.05, 3.63) is 32.2 Å². The molecular formula is C16H21Br2Cl. The zero-order valence-electron chi connectivity index (χ0n) is 11.4. The van der Waals surface area contributed by atoms with Gasteiger partial charge >= 0.3 is 0 Å². The standard InChI is InChI=1S/C16H21Br2Cl/c1-11-9-15(18)13(10-14(11)17)16(19)8-7-12-5-3-2-4-6-12/h9-10,12,16H,2-8H2,1H3. The smallest absolute Gasteiger partial charge is 0.0596 e. The first kappa shape index (κ1) is 15.9. The summed E-state index contributed by atoms with van der Waals surface area (Å²) in [6.07, 6.45) is 9.42. The molecule has 1 aliphatic rings. The van der Waals surface area contributed by atoms with Crippen molar-refractivity contribution in [2.75, 3.05) is 0 Å². The molecule has 0 bridgehead atoms. The molecule has 0 amide bonds. The topological polar surface area (TPSA) is 0 Å². The third kappa shape index (κ3) is 4.47. The molecule has 106 valence electrons. The minimum atomic E-state index is 0.119. The van der Waals surface area contributed by atoms with E-state index in [9.17, 15) is 0 Å². The van der Waals surface area contributed by atoms with E-state index in [1.54, 1.807) is 0 Å². The first-order valence-corrected chi connectivity index (χ1v) is 9.19. The van der Waals surface area contributed by atoms with Crippen LogP contribution < -0.4 is 0 Å². The second-order valence-corrected chi connectivity index (χ2v) is 7.91. The van der Waals surface area contributed by atoms with Crippen LogP contribution in [-0.2, 0) is 0 Å². The summed E-state index contributed by atoms with van der Waals surface area (Å²) in [6.45, 7) is 2.10. The lowest BCUT2D eigenvalue weighted by molar-refractivity contribution is 0.331. The Morgan fingerprint density at radius 2 is 1.84 bits per heavy atom. The number of alkyl halides is 1. The molecule has 19 heavy (non-hydrogen) atoms.